The molecule has 0 aromatic heterocycles. The standard InChI is InChI=1S/C19H13O/c1-2-6-15-12-19-16(11-14(15)5-1)7-3-9-18(19)17-8-4-10-20-13-17/h1-7,9-12H,8H2. The van der Waals surface area contributed by atoms with E-state index in [0.29, 0.717) is 0 Å². The summed E-state index contributed by atoms with van der Waals surface area (Å²) in [6.07, 6.45) is 7.58. The lowest BCUT2D eigenvalue weighted by molar-refractivity contribution is 0.370. The third-order valence-corrected chi connectivity index (χ3v) is 3.74. The predicted molar refractivity (Wildman–Crippen MR) is 82.9 cm³/mol. The van der Waals surface area contributed by atoms with Crippen LogP contribution >= 0.6 is 0 Å². The van der Waals surface area contributed by atoms with Gasteiger partial charge >= 0.3 is 0 Å². The SMILES string of the molecule is [C]1=C(c2cccc3cc4ccccc4cc23)CC=CO1. The molecule has 0 N–H and O–H groups in total. The Balaban J connectivity index is 2.01. The third kappa shape index (κ3) is 1.79. The van der Waals surface area contributed by atoms with Crippen LogP contribution in [0, 0.1) is 6.26 Å². The molecule has 4 rings (SSSR count). The molecule has 0 saturated carbocycles. The van der Waals surface area contributed by atoms with Gasteiger partial charge in [0.15, 0.2) is 6.26 Å². The van der Waals surface area contributed by atoms with Gasteiger partial charge in [-0.25, -0.2) is 0 Å². The Kier molecular flexibility index (Phi) is 2.56. The summed E-state index contributed by atoms with van der Waals surface area (Å²) in [6, 6.07) is 19.4. The molecule has 1 heteroatoms. The summed E-state index contributed by atoms with van der Waals surface area (Å²) in [5.74, 6) is 0. The van der Waals surface area contributed by atoms with Gasteiger partial charge in [-0.2, -0.15) is 0 Å². The van der Waals surface area contributed by atoms with Crippen LogP contribution < -0.4 is 0 Å². The van der Waals surface area contributed by atoms with Crippen LogP contribution in [0.1, 0.15) is 12.0 Å². The number of fused-ring (bicyclic) bond motifs is 2. The van der Waals surface area contributed by atoms with Crippen molar-refractivity contribution in [3.8, 4) is 0 Å². The average molecular weight is 257 g/mol. The van der Waals surface area contributed by atoms with E-state index in [2.05, 4.69) is 60.9 Å². The maximum absolute atomic E-state index is 5.21. The topological polar surface area (TPSA) is 9.23 Å². The van der Waals surface area contributed by atoms with Gasteiger partial charge in [0, 0.05) is 5.57 Å². The molecule has 0 amide bonds. The molecule has 1 radical (unpaired) electrons. The van der Waals surface area contributed by atoms with Crippen LogP contribution in [0.5, 0.6) is 0 Å². The number of allylic oxidation sites excluding steroid dienone is 2. The monoisotopic (exact) mass is 257 g/mol. The third-order valence-electron chi connectivity index (χ3n) is 3.74. The van der Waals surface area contributed by atoms with Crippen molar-refractivity contribution < 1.29 is 4.74 Å². The van der Waals surface area contributed by atoms with Crippen molar-refractivity contribution in [2.45, 2.75) is 6.42 Å². The van der Waals surface area contributed by atoms with Crippen molar-refractivity contribution in [1.29, 1.82) is 0 Å². The zero-order valence-electron chi connectivity index (χ0n) is 11.0. The van der Waals surface area contributed by atoms with E-state index in [1.807, 2.05) is 6.08 Å². The van der Waals surface area contributed by atoms with Crippen molar-refractivity contribution >= 4 is 27.1 Å². The highest BCUT2D eigenvalue weighted by atomic mass is 16.5. The second-order valence-electron chi connectivity index (χ2n) is 5.00. The zero-order valence-corrected chi connectivity index (χ0v) is 11.0. The molecule has 0 atom stereocenters. The molecule has 1 aliphatic rings. The molecule has 3 aromatic carbocycles. The van der Waals surface area contributed by atoms with E-state index in [1.165, 1.54) is 27.1 Å². The van der Waals surface area contributed by atoms with Crippen LogP contribution in [0.2, 0.25) is 0 Å². The Morgan fingerprint density at radius 3 is 2.45 bits per heavy atom. The normalized spacial score (nSPS) is 14.3. The van der Waals surface area contributed by atoms with E-state index < -0.39 is 0 Å². The molecule has 95 valence electrons. The van der Waals surface area contributed by atoms with E-state index in [0.717, 1.165) is 12.0 Å². The molecule has 1 aliphatic heterocycles. The van der Waals surface area contributed by atoms with Crippen LogP contribution in [-0.4, -0.2) is 0 Å². The Labute approximate surface area is 117 Å². The number of rotatable bonds is 1. The van der Waals surface area contributed by atoms with Gasteiger partial charge < -0.3 is 4.74 Å². The minimum atomic E-state index is 0.867. The van der Waals surface area contributed by atoms with Crippen molar-refractivity contribution in [1.82, 2.24) is 0 Å². The van der Waals surface area contributed by atoms with Crippen molar-refractivity contribution in [2.75, 3.05) is 0 Å². The summed E-state index contributed by atoms with van der Waals surface area (Å²) >= 11 is 0. The molecule has 1 heterocycles. The minimum absolute atomic E-state index is 0.867. The van der Waals surface area contributed by atoms with Gasteiger partial charge in [-0.3, -0.25) is 0 Å². The maximum Gasteiger partial charge on any atom is 0.173 e. The first-order chi connectivity index (χ1) is 9.92. The highest BCUT2D eigenvalue weighted by molar-refractivity contribution is 6.02. The van der Waals surface area contributed by atoms with E-state index in [1.54, 1.807) is 6.26 Å². The van der Waals surface area contributed by atoms with Crippen LogP contribution in [0.25, 0.3) is 27.1 Å². The summed E-state index contributed by atoms with van der Waals surface area (Å²) in [5, 5.41) is 5.05. The molecule has 0 fully saturated rings. The highest BCUT2D eigenvalue weighted by Gasteiger charge is 2.09. The fraction of sp³-hybridized carbons (Fsp3) is 0.0526. The molecular weight excluding hydrogens is 244 g/mol. The summed E-state index contributed by atoms with van der Waals surface area (Å²) in [5.41, 5.74) is 2.31. The van der Waals surface area contributed by atoms with Gasteiger partial charge in [-0.1, -0.05) is 42.5 Å². The van der Waals surface area contributed by atoms with Crippen molar-refractivity contribution in [2.24, 2.45) is 0 Å². The second kappa shape index (κ2) is 4.53. The van der Waals surface area contributed by atoms with E-state index >= 15 is 0 Å². The number of hydrogen-bond donors (Lipinski definition) is 0. The van der Waals surface area contributed by atoms with Crippen LogP contribution in [0.3, 0.4) is 0 Å². The Hall–Kier alpha value is -2.54. The summed E-state index contributed by atoms with van der Waals surface area (Å²) in [4.78, 5) is 0. The molecule has 0 bridgehead atoms. The molecule has 3 aromatic rings. The van der Waals surface area contributed by atoms with Gasteiger partial charge in [0.25, 0.3) is 0 Å². The van der Waals surface area contributed by atoms with Gasteiger partial charge in [0.2, 0.25) is 0 Å². The van der Waals surface area contributed by atoms with Crippen LogP contribution in [0.4, 0.5) is 0 Å². The van der Waals surface area contributed by atoms with Gasteiger partial charge in [-0.05, 0) is 51.7 Å². The van der Waals surface area contributed by atoms with E-state index in [4.69, 9.17) is 4.74 Å². The quantitative estimate of drug-likeness (QED) is 0.553. The van der Waals surface area contributed by atoms with Gasteiger partial charge in [-0.15, -0.1) is 0 Å². The van der Waals surface area contributed by atoms with Gasteiger partial charge in [0.05, 0.1) is 6.26 Å². The van der Waals surface area contributed by atoms with E-state index in [9.17, 15) is 0 Å². The smallest absolute Gasteiger partial charge is 0.173 e. The molecule has 0 spiro atoms. The first-order valence-electron chi connectivity index (χ1n) is 6.76. The van der Waals surface area contributed by atoms with Crippen LogP contribution in [0.15, 0.2) is 66.9 Å². The predicted octanol–water partition coefficient (Wildman–Crippen LogP) is 5.07. The van der Waals surface area contributed by atoms with E-state index in [-0.39, 0.29) is 0 Å². The number of ether oxygens (including phenoxy) is 1. The first kappa shape index (κ1) is 11.3. The lowest BCUT2D eigenvalue weighted by atomic mass is 9.94. The Bertz CT molecular complexity index is 856. The lowest BCUT2D eigenvalue weighted by Gasteiger charge is -2.12. The minimum Gasteiger partial charge on any atom is -0.461 e. The average Bonchev–Trinajstić information content (AvgIpc) is 2.53. The zero-order chi connectivity index (χ0) is 13.4. The Morgan fingerprint density at radius 1 is 0.850 bits per heavy atom. The fourth-order valence-electron chi connectivity index (χ4n) is 2.76. The summed E-state index contributed by atoms with van der Waals surface area (Å²) < 4.78 is 5.21. The second-order valence-corrected chi connectivity index (χ2v) is 5.00. The molecule has 0 aliphatic carbocycles. The van der Waals surface area contributed by atoms with Crippen LogP contribution in [-0.2, 0) is 4.74 Å². The first-order valence-corrected chi connectivity index (χ1v) is 6.76. The van der Waals surface area contributed by atoms with Crippen molar-refractivity contribution in [3.05, 3.63) is 78.8 Å². The molecular formula is C19H13O. The van der Waals surface area contributed by atoms with Gasteiger partial charge in [0.1, 0.15) is 0 Å². The number of hydrogen-bond acceptors (Lipinski definition) is 1. The summed E-state index contributed by atoms with van der Waals surface area (Å²) in [6.45, 7) is 0. The molecule has 0 saturated heterocycles. The maximum atomic E-state index is 5.21. The number of benzene rings is 3. The molecule has 0 unspecified atom stereocenters. The summed E-state index contributed by atoms with van der Waals surface area (Å²) in [7, 11) is 0. The Morgan fingerprint density at radius 2 is 1.65 bits per heavy atom. The highest BCUT2D eigenvalue weighted by Crippen LogP contribution is 2.31. The molecule has 20 heavy (non-hydrogen) atoms. The molecule has 1 nitrogen and oxygen atoms in total. The van der Waals surface area contributed by atoms with Crippen molar-refractivity contribution in [3.63, 3.8) is 0 Å². The lowest BCUT2D eigenvalue weighted by Crippen LogP contribution is -1.91. The largest absolute Gasteiger partial charge is 0.461 e. The fourth-order valence-corrected chi connectivity index (χ4v) is 2.76.